The molecule has 4 amide bonds. The van der Waals surface area contributed by atoms with Crippen LogP contribution in [0.5, 0.6) is 0 Å². The standard InChI is InChI=1S/C18H23Cl2N3O3/c1-10(2)7-8-18(4)16(25)23(17(26)22-18)9-13(24)21-15-12(19)6-5-11(3)14(15)20/h5-6,10H,7-9H2,1-4H3,(H,21,24)(H,22,26). The lowest BCUT2D eigenvalue weighted by atomic mass is 9.92. The fourth-order valence-corrected chi connectivity index (χ4v) is 3.20. The molecule has 0 saturated carbocycles. The van der Waals surface area contributed by atoms with Crippen molar-refractivity contribution in [3.8, 4) is 0 Å². The minimum absolute atomic E-state index is 0.271. The molecule has 142 valence electrons. The van der Waals surface area contributed by atoms with Gasteiger partial charge in [-0.2, -0.15) is 0 Å². The molecule has 26 heavy (non-hydrogen) atoms. The summed E-state index contributed by atoms with van der Waals surface area (Å²) >= 11 is 12.3. The summed E-state index contributed by atoms with van der Waals surface area (Å²) in [5.41, 5.74) is 0.0378. The number of imide groups is 1. The van der Waals surface area contributed by atoms with Crippen molar-refractivity contribution in [3.05, 3.63) is 27.7 Å². The van der Waals surface area contributed by atoms with Crippen LogP contribution in [0.1, 0.15) is 39.2 Å². The van der Waals surface area contributed by atoms with Crippen molar-refractivity contribution in [2.45, 2.75) is 46.1 Å². The van der Waals surface area contributed by atoms with Crippen molar-refractivity contribution in [2.24, 2.45) is 5.92 Å². The van der Waals surface area contributed by atoms with Gasteiger partial charge in [0.05, 0.1) is 15.7 Å². The zero-order valence-electron chi connectivity index (χ0n) is 15.3. The molecule has 1 fully saturated rings. The van der Waals surface area contributed by atoms with Crippen LogP contribution in [-0.4, -0.2) is 34.8 Å². The van der Waals surface area contributed by atoms with E-state index in [1.165, 1.54) is 0 Å². The number of amides is 4. The lowest BCUT2D eigenvalue weighted by Crippen LogP contribution is -2.44. The Labute approximate surface area is 163 Å². The Morgan fingerprint density at radius 2 is 1.96 bits per heavy atom. The number of anilines is 1. The smallest absolute Gasteiger partial charge is 0.323 e. The number of urea groups is 1. The third-order valence-corrected chi connectivity index (χ3v) is 5.22. The Hall–Kier alpha value is -1.79. The maximum atomic E-state index is 12.6. The molecule has 6 nitrogen and oxygen atoms in total. The summed E-state index contributed by atoms with van der Waals surface area (Å²) < 4.78 is 0. The van der Waals surface area contributed by atoms with Crippen LogP contribution in [0.2, 0.25) is 10.0 Å². The molecule has 1 aliphatic rings. The number of rotatable bonds is 6. The second-order valence-electron chi connectivity index (χ2n) is 7.19. The summed E-state index contributed by atoms with van der Waals surface area (Å²) in [6.07, 6.45) is 1.31. The van der Waals surface area contributed by atoms with Gasteiger partial charge < -0.3 is 10.6 Å². The first-order valence-electron chi connectivity index (χ1n) is 8.43. The summed E-state index contributed by atoms with van der Waals surface area (Å²) in [5, 5.41) is 5.89. The minimum atomic E-state index is -0.986. The normalized spacial score (nSPS) is 19.9. The summed E-state index contributed by atoms with van der Waals surface area (Å²) in [6, 6.07) is 2.78. The highest BCUT2D eigenvalue weighted by Crippen LogP contribution is 2.33. The zero-order chi connectivity index (χ0) is 19.6. The van der Waals surface area contributed by atoms with Crippen LogP contribution in [-0.2, 0) is 9.59 Å². The SMILES string of the molecule is Cc1ccc(Cl)c(NC(=O)CN2C(=O)NC(C)(CCC(C)C)C2=O)c1Cl. The molecule has 0 radical (unpaired) electrons. The van der Waals surface area contributed by atoms with E-state index in [2.05, 4.69) is 10.6 Å². The van der Waals surface area contributed by atoms with Gasteiger partial charge in [-0.3, -0.25) is 14.5 Å². The van der Waals surface area contributed by atoms with Crippen LogP contribution in [0, 0.1) is 12.8 Å². The Kier molecular flexibility index (Phi) is 6.19. The van der Waals surface area contributed by atoms with Gasteiger partial charge in [0.15, 0.2) is 0 Å². The third-order valence-electron chi connectivity index (χ3n) is 4.42. The van der Waals surface area contributed by atoms with Gasteiger partial charge in [-0.1, -0.05) is 43.1 Å². The van der Waals surface area contributed by atoms with E-state index in [-0.39, 0.29) is 10.7 Å². The van der Waals surface area contributed by atoms with Gasteiger partial charge in [0.25, 0.3) is 5.91 Å². The third kappa shape index (κ3) is 4.30. The quantitative estimate of drug-likeness (QED) is 0.709. The highest BCUT2D eigenvalue weighted by Gasteiger charge is 2.47. The molecule has 1 aromatic rings. The van der Waals surface area contributed by atoms with Gasteiger partial charge in [-0.25, -0.2) is 4.79 Å². The van der Waals surface area contributed by atoms with Crippen molar-refractivity contribution in [3.63, 3.8) is 0 Å². The minimum Gasteiger partial charge on any atom is -0.323 e. The highest BCUT2D eigenvalue weighted by molar-refractivity contribution is 6.40. The Morgan fingerprint density at radius 3 is 2.58 bits per heavy atom. The second kappa shape index (κ2) is 7.84. The van der Waals surface area contributed by atoms with Gasteiger partial charge in [-0.15, -0.1) is 0 Å². The monoisotopic (exact) mass is 399 g/mol. The molecule has 1 saturated heterocycles. The van der Waals surface area contributed by atoms with Gasteiger partial charge in [0, 0.05) is 0 Å². The number of halogens is 2. The van der Waals surface area contributed by atoms with E-state index in [4.69, 9.17) is 23.2 Å². The average Bonchev–Trinajstić information content (AvgIpc) is 2.77. The molecule has 1 heterocycles. The molecular formula is C18H23Cl2N3O3. The number of aryl methyl sites for hydroxylation is 1. The number of carbonyl (C=O) groups is 3. The van der Waals surface area contributed by atoms with Gasteiger partial charge >= 0.3 is 6.03 Å². The first-order valence-corrected chi connectivity index (χ1v) is 9.19. The number of nitrogens with one attached hydrogen (secondary N) is 2. The molecule has 0 bridgehead atoms. The highest BCUT2D eigenvalue weighted by atomic mass is 35.5. The van der Waals surface area contributed by atoms with E-state index in [0.29, 0.717) is 17.4 Å². The number of hydrogen-bond acceptors (Lipinski definition) is 3. The molecule has 1 unspecified atom stereocenters. The molecule has 2 N–H and O–H groups in total. The molecular weight excluding hydrogens is 377 g/mol. The van der Waals surface area contributed by atoms with E-state index < -0.39 is 29.9 Å². The van der Waals surface area contributed by atoms with Crippen LogP contribution in [0.4, 0.5) is 10.5 Å². The van der Waals surface area contributed by atoms with Gasteiger partial charge in [0.2, 0.25) is 5.91 Å². The van der Waals surface area contributed by atoms with Gasteiger partial charge in [-0.05, 0) is 44.2 Å². The van der Waals surface area contributed by atoms with E-state index in [9.17, 15) is 14.4 Å². The predicted molar refractivity (Wildman–Crippen MR) is 103 cm³/mol. The lowest BCUT2D eigenvalue weighted by Gasteiger charge is -2.22. The maximum Gasteiger partial charge on any atom is 0.325 e. The zero-order valence-corrected chi connectivity index (χ0v) is 16.8. The van der Waals surface area contributed by atoms with E-state index in [1.54, 1.807) is 26.0 Å². The largest absolute Gasteiger partial charge is 0.325 e. The molecule has 1 aromatic carbocycles. The van der Waals surface area contributed by atoms with Crippen LogP contribution < -0.4 is 10.6 Å². The molecule has 0 aliphatic carbocycles. The summed E-state index contributed by atoms with van der Waals surface area (Å²) in [5.74, 6) is -0.546. The molecule has 1 aliphatic heterocycles. The van der Waals surface area contributed by atoms with Crippen LogP contribution in [0.25, 0.3) is 0 Å². The molecule has 1 atom stereocenters. The van der Waals surface area contributed by atoms with Crippen LogP contribution in [0.15, 0.2) is 12.1 Å². The van der Waals surface area contributed by atoms with Gasteiger partial charge in [0.1, 0.15) is 12.1 Å². The van der Waals surface area contributed by atoms with Crippen molar-refractivity contribution in [2.75, 3.05) is 11.9 Å². The molecule has 0 spiro atoms. The van der Waals surface area contributed by atoms with Crippen molar-refractivity contribution < 1.29 is 14.4 Å². The Balaban J connectivity index is 2.09. The second-order valence-corrected chi connectivity index (χ2v) is 7.97. The number of benzene rings is 1. The summed E-state index contributed by atoms with van der Waals surface area (Å²) in [7, 11) is 0. The van der Waals surface area contributed by atoms with E-state index in [1.807, 2.05) is 13.8 Å². The molecule has 2 rings (SSSR count). The fraction of sp³-hybridized carbons (Fsp3) is 0.500. The fourth-order valence-electron chi connectivity index (χ4n) is 2.73. The van der Waals surface area contributed by atoms with E-state index >= 15 is 0 Å². The topological polar surface area (TPSA) is 78.5 Å². The van der Waals surface area contributed by atoms with Crippen molar-refractivity contribution in [1.82, 2.24) is 10.2 Å². The first-order chi connectivity index (χ1) is 12.0. The summed E-state index contributed by atoms with van der Waals surface area (Å²) in [4.78, 5) is 38.1. The number of nitrogens with zero attached hydrogens (tertiary/aromatic N) is 1. The molecule has 8 heteroatoms. The molecule has 0 aromatic heterocycles. The Morgan fingerprint density at radius 1 is 1.31 bits per heavy atom. The average molecular weight is 400 g/mol. The predicted octanol–water partition coefficient (Wildman–Crippen LogP) is 3.99. The van der Waals surface area contributed by atoms with Crippen molar-refractivity contribution in [1.29, 1.82) is 0 Å². The lowest BCUT2D eigenvalue weighted by molar-refractivity contribution is -0.133. The first kappa shape index (κ1) is 20.5. The van der Waals surface area contributed by atoms with Crippen molar-refractivity contribution >= 4 is 46.7 Å². The summed E-state index contributed by atoms with van der Waals surface area (Å²) in [6.45, 7) is 7.16. The number of hydrogen-bond donors (Lipinski definition) is 2. The van der Waals surface area contributed by atoms with Crippen LogP contribution >= 0.6 is 23.2 Å². The van der Waals surface area contributed by atoms with Crippen LogP contribution in [0.3, 0.4) is 0 Å². The van der Waals surface area contributed by atoms with E-state index in [0.717, 1.165) is 16.9 Å². The Bertz CT molecular complexity index is 751. The number of carbonyl (C=O) groups excluding carboxylic acids is 3. The maximum absolute atomic E-state index is 12.6.